The fourth-order valence-corrected chi connectivity index (χ4v) is 2.16. The number of anilines is 1. The molecule has 1 saturated heterocycles. The molecule has 1 aliphatic rings. The van der Waals surface area contributed by atoms with Crippen molar-refractivity contribution < 1.29 is 32.3 Å². The van der Waals surface area contributed by atoms with Crippen molar-refractivity contribution in [3.05, 3.63) is 24.0 Å². The van der Waals surface area contributed by atoms with E-state index in [1.54, 1.807) is 0 Å². The number of nitrogens with zero attached hydrogens (tertiary/aromatic N) is 1. The number of rotatable bonds is 3. The number of nitrogens with one attached hydrogen (secondary N) is 1. The highest BCUT2D eigenvalue weighted by Crippen LogP contribution is 2.27. The highest BCUT2D eigenvalue weighted by Gasteiger charge is 2.40. The molecule has 1 aromatic carbocycles. The molecule has 0 aromatic heterocycles. The van der Waals surface area contributed by atoms with Gasteiger partial charge in [-0.1, -0.05) is 0 Å². The molecule has 2 N–H and O–H groups in total. The fourth-order valence-electron chi connectivity index (χ4n) is 2.16. The Labute approximate surface area is 122 Å². The molecule has 1 aromatic rings. The van der Waals surface area contributed by atoms with Gasteiger partial charge in [-0.3, -0.25) is 9.59 Å². The lowest BCUT2D eigenvalue weighted by atomic mass is 10.1. The van der Waals surface area contributed by atoms with Crippen LogP contribution in [-0.2, 0) is 9.59 Å². The Kier molecular flexibility index (Phi) is 4.25. The first-order chi connectivity index (χ1) is 10.2. The van der Waals surface area contributed by atoms with Crippen molar-refractivity contribution in [3.8, 4) is 5.75 Å². The standard InChI is InChI=1S/C13H12F4N2O3/c14-8-1-2-10(20)9(4-8)18-12(22)7-3-11(21)19(5-7)6-13(15,16)17/h1-2,4,7,20H,3,5-6H2,(H,18,22)/t7-/m0/s1. The summed E-state index contributed by atoms with van der Waals surface area (Å²) in [5, 5.41) is 11.7. The van der Waals surface area contributed by atoms with Gasteiger partial charge < -0.3 is 15.3 Å². The van der Waals surface area contributed by atoms with Crippen LogP contribution in [0.15, 0.2) is 18.2 Å². The summed E-state index contributed by atoms with van der Waals surface area (Å²) >= 11 is 0. The van der Waals surface area contributed by atoms with Crippen molar-refractivity contribution in [2.24, 2.45) is 5.92 Å². The summed E-state index contributed by atoms with van der Waals surface area (Å²) in [6.45, 7) is -1.79. The van der Waals surface area contributed by atoms with Gasteiger partial charge in [-0.05, 0) is 12.1 Å². The Bertz CT molecular complexity index is 603. The number of carbonyl (C=O) groups excluding carboxylic acids is 2. The maximum absolute atomic E-state index is 13.0. The molecule has 5 nitrogen and oxygen atoms in total. The van der Waals surface area contributed by atoms with Crippen molar-refractivity contribution >= 4 is 17.5 Å². The van der Waals surface area contributed by atoms with E-state index in [0.717, 1.165) is 18.2 Å². The van der Waals surface area contributed by atoms with E-state index in [1.165, 1.54) is 0 Å². The average Bonchev–Trinajstić information content (AvgIpc) is 2.73. The van der Waals surface area contributed by atoms with Crippen LogP contribution in [0, 0.1) is 11.7 Å². The van der Waals surface area contributed by atoms with Crippen molar-refractivity contribution in [3.63, 3.8) is 0 Å². The molecule has 2 rings (SSSR count). The molecule has 22 heavy (non-hydrogen) atoms. The molecule has 0 unspecified atom stereocenters. The second-order valence-corrected chi connectivity index (χ2v) is 4.94. The average molecular weight is 320 g/mol. The van der Waals surface area contributed by atoms with Gasteiger partial charge in [-0.2, -0.15) is 13.2 Å². The second kappa shape index (κ2) is 5.82. The third-order valence-corrected chi connectivity index (χ3v) is 3.17. The molecule has 0 bridgehead atoms. The topological polar surface area (TPSA) is 69.6 Å². The van der Waals surface area contributed by atoms with E-state index in [4.69, 9.17) is 0 Å². The molecule has 0 spiro atoms. The van der Waals surface area contributed by atoms with Gasteiger partial charge in [0.2, 0.25) is 11.8 Å². The predicted octanol–water partition coefficient (Wildman–Crippen LogP) is 1.88. The molecule has 0 saturated carbocycles. The Morgan fingerprint density at radius 3 is 2.73 bits per heavy atom. The zero-order valence-corrected chi connectivity index (χ0v) is 11.2. The van der Waals surface area contributed by atoms with E-state index in [0.29, 0.717) is 4.90 Å². The largest absolute Gasteiger partial charge is 0.506 e. The Hall–Kier alpha value is -2.32. The van der Waals surface area contributed by atoms with Crippen molar-refractivity contribution in [1.82, 2.24) is 4.90 Å². The lowest BCUT2D eigenvalue weighted by Crippen LogP contribution is -2.36. The van der Waals surface area contributed by atoms with E-state index in [-0.39, 0.29) is 24.4 Å². The molecule has 1 heterocycles. The Morgan fingerprint density at radius 2 is 2.09 bits per heavy atom. The van der Waals surface area contributed by atoms with E-state index in [1.807, 2.05) is 0 Å². The minimum absolute atomic E-state index is 0.202. The van der Waals surface area contributed by atoms with Gasteiger partial charge >= 0.3 is 6.18 Å². The first kappa shape index (κ1) is 16.1. The van der Waals surface area contributed by atoms with Crippen LogP contribution < -0.4 is 5.32 Å². The lowest BCUT2D eigenvalue weighted by Gasteiger charge is -2.18. The first-order valence-electron chi connectivity index (χ1n) is 6.29. The highest BCUT2D eigenvalue weighted by molar-refractivity contribution is 5.98. The summed E-state index contributed by atoms with van der Waals surface area (Å²) in [6, 6.07) is 2.88. The van der Waals surface area contributed by atoms with Crippen LogP contribution in [0.5, 0.6) is 5.75 Å². The lowest BCUT2D eigenvalue weighted by molar-refractivity contribution is -0.157. The summed E-state index contributed by atoms with van der Waals surface area (Å²) in [6.07, 6.45) is -4.90. The van der Waals surface area contributed by atoms with E-state index in [9.17, 15) is 32.3 Å². The molecule has 2 amide bonds. The monoisotopic (exact) mass is 320 g/mol. The SMILES string of the molecule is O=C(Nc1cc(F)ccc1O)[C@H]1CC(=O)N(CC(F)(F)F)C1. The van der Waals surface area contributed by atoms with Crippen LogP contribution in [0.3, 0.4) is 0 Å². The summed E-state index contributed by atoms with van der Waals surface area (Å²) in [4.78, 5) is 24.0. The number of benzene rings is 1. The van der Waals surface area contributed by atoms with Gasteiger partial charge in [-0.25, -0.2) is 4.39 Å². The van der Waals surface area contributed by atoms with Gasteiger partial charge in [0.25, 0.3) is 0 Å². The highest BCUT2D eigenvalue weighted by atomic mass is 19.4. The summed E-state index contributed by atoms with van der Waals surface area (Å²) < 4.78 is 49.9. The molecule has 120 valence electrons. The molecule has 0 radical (unpaired) electrons. The molecule has 1 atom stereocenters. The van der Waals surface area contributed by atoms with Crippen molar-refractivity contribution in [2.75, 3.05) is 18.4 Å². The van der Waals surface area contributed by atoms with Crippen LogP contribution in [0.2, 0.25) is 0 Å². The number of aromatic hydroxyl groups is 1. The Morgan fingerprint density at radius 1 is 1.41 bits per heavy atom. The molecule has 1 fully saturated rings. The zero-order chi connectivity index (χ0) is 16.5. The molecular weight excluding hydrogens is 308 g/mol. The van der Waals surface area contributed by atoms with Crippen LogP contribution in [-0.4, -0.2) is 41.1 Å². The number of amides is 2. The smallest absolute Gasteiger partial charge is 0.406 e. The normalized spacial score (nSPS) is 18.6. The summed E-state index contributed by atoms with van der Waals surface area (Å²) in [5.41, 5.74) is -0.202. The van der Waals surface area contributed by atoms with Crippen molar-refractivity contribution in [1.29, 1.82) is 0 Å². The predicted molar refractivity (Wildman–Crippen MR) is 67.4 cm³/mol. The fraction of sp³-hybridized carbons (Fsp3) is 0.385. The number of phenolic OH excluding ortho intramolecular Hbond substituents is 1. The van der Waals surface area contributed by atoms with Crippen molar-refractivity contribution in [2.45, 2.75) is 12.6 Å². The maximum Gasteiger partial charge on any atom is 0.406 e. The molecular formula is C13H12F4N2O3. The number of halogens is 4. The first-order valence-corrected chi connectivity index (χ1v) is 6.29. The quantitative estimate of drug-likeness (QED) is 0.660. The maximum atomic E-state index is 13.0. The minimum atomic E-state index is -4.54. The molecule has 1 aliphatic heterocycles. The number of likely N-dealkylation sites (tertiary alicyclic amines) is 1. The molecule has 9 heteroatoms. The van der Waals surface area contributed by atoms with Gasteiger partial charge in [0, 0.05) is 19.0 Å². The second-order valence-electron chi connectivity index (χ2n) is 4.94. The number of hydrogen-bond acceptors (Lipinski definition) is 3. The summed E-state index contributed by atoms with van der Waals surface area (Å²) in [7, 11) is 0. The summed E-state index contributed by atoms with van der Waals surface area (Å²) in [5.74, 6) is -3.60. The Balaban J connectivity index is 2.02. The zero-order valence-electron chi connectivity index (χ0n) is 11.2. The van der Waals surface area contributed by atoms with Gasteiger partial charge in [0.15, 0.2) is 0 Å². The number of phenols is 1. The van der Waals surface area contributed by atoms with Crippen LogP contribution >= 0.6 is 0 Å². The van der Waals surface area contributed by atoms with Gasteiger partial charge in [0.1, 0.15) is 18.1 Å². The van der Waals surface area contributed by atoms with E-state index < -0.39 is 36.3 Å². The number of hydrogen-bond donors (Lipinski definition) is 2. The van der Waals surface area contributed by atoms with Gasteiger partial charge in [-0.15, -0.1) is 0 Å². The van der Waals surface area contributed by atoms with E-state index >= 15 is 0 Å². The third-order valence-electron chi connectivity index (χ3n) is 3.17. The van der Waals surface area contributed by atoms with Crippen LogP contribution in [0.1, 0.15) is 6.42 Å². The van der Waals surface area contributed by atoms with E-state index in [2.05, 4.69) is 5.32 Å². The molecule has 0 aliphatic carbocycles. The van der Waals surface area contributed by atoms with Crippen LogP contribution in [0.25, 0.3) is 0 Å². The minimum Gasteiger partial charge on any atom is -0.506 e. The third kappa shape index (κ3) is 3.86. The van der Waals surface area contributed by atoms with Gasteiger partial charge in [0.05, 0.1) is 11.6 Å². The number of carbonyl (C=O) groups is 2. The van der Waals surface area contributed by atoms with Crippen LogP contribution in [0.4, 0.5) is 23.2 Å². The number of alkyl halides is 3.